The summed E-state index contributed by atoms with van der Waals surface area (Å²) in [4.78, 5) is 7.12. The molecule has 0 N–H and O–H groups in total. The van der Waals surface area contributed by atoms with E-state index in [1.807, 2.05) is 12.3 Å². The molecule has 4 nitrogen and oxygen atoms in total. The van der Waals surface area contributed by atoms with Gasteiger partial charge in [0, 0.05) is 18.3 Å². The summed E-state index contributed by atoms with van der Waals surface area (Å²) in [6.07, 6.45) is 8.05. The van der Waals surface area contributed by atoms with Gasteiger partial charge in [-0.15, -0.1) is 0 Å². The van der Waals surface area contributed by atoms with Crippen molar-refractivity contribution >= 4 is 5.65 Å². The van der Waals surface area contributed by atoms with E-state index in [0.29, 0.717) is 0 Å². The van der Waals surface area contributed by atoms with E-state index < -0.39 is 0 Å². The Morgan fingerprint density at radius 3 is 2.40 bits per heavy atom. The number of likely N-dealkylation sites (tertiary alicyclic amines) is 1. The van der Waals surface area contributed by atoms with Crippen LogP contribution in [0.25, 0.3) is 28.0 Å². The van der Waals surface area contributed by atoms with Gasteiger partial charge in [0.05, 0.1) is 11.9 Å². The molecule has 5 rings (SSSR count). The maximum Gasteiger partial charge on any atom is 0.137 e. The van der Waals surface area contributed by atoms with E-state index in [-0.39, 0.29) is 0 Å². The fraction of sp³-hybridized carbons (Fsp3) is 0.269. The molecular weight excluding hydrogens is 370 g/mol. The Hall–Kier alpha value is -3.11. The lowest BCUT2D eigenvalue weighted by molar-refractivity contribution is 0.183. The van der Waals surface area contributed by atoms with Crippen molar-refractivity contribution < 1.29 is 4.74 Å². The van der Waals surface area contributed by atoms with Crippen LogP contribution in [0.1, 0.15) is 19.3 Å². The van der Waals surface area contributed by atoms with Crippen molar-refractivity contribution in [3.63, 3.8) is 0 Å². The van der Waals surface area contributed by atoms with Crippen LogP contribution in [0.3, 0.4) is 0 Å². The Morgan fingerprint density at radius 1 is 0.800 bits per heavy atom. The second-order valence-electron chi connectivity index (χ2n) is 7.93. The summed E-state index contributed by atoms with van der Waals surface area (Å²) in [6.45, 7) is 4.19. The van der Waals surface area contributed by atoms with E-state index in [1.165, 1.54) is 43.5 Å². The van der Waals surface area contributed by atoms with Crippen LogP contribution >= 0.6 is 0 Å². The lowest BCUT2D eigenvalue weighted by atomic mass is 10.1. The summed E-state index contributed by atoms with van der Waals surface area (Å²) in [5.74, 6) is 0.934. The molecule has 4 heteroatoms. The van der Waals surface area contributed by atoms with Gasteiger partial charge in [0.1, 0.15) is 18.0 Å². The topological polar surface area (TPSA) is 29.8 Å². The number of hydrogen-bond donors (Lipinski definition) is 0. The first kappa shape index (κ1) is 18.9. The zero-order chi connectivity index (χ0) is 20.2. The largest absolute Gasteiger partial charge is 0.492 e. The number of pyridine rings is 1. The first-order valence-corrected chi connectivity index (χ1v) is 10.8. The van der Waals surface area contributed by atoms with Crippen molar-refractivity contribution in [1.29, 1.82) is 0 Å². The Balaban J connectivity index is 1.27. The van der Waals surface area contributed by atoms with Gasteiger partial charge in [0.25, 0.3) is 0 Å². The monoisotopic (exact) mass is 397 g/mol. The van der Waals surface area contributed by atoms with Gasteiger partial charge in [-0.05, 0) is 61.3 Å². The average molecular weight is 398 g/mol. The second-order valence-corrected chi connectivity index (χ2v) is 7.93. The molecule has 0 spiro atoms. The lowest BCUT2D eigenvalue weighted by Crippen LogP contribution is -2.33. The maximum absolute atomic E-state index is 5.96. The van der Waals surface area contributed by atoms with Crippen LogP contribution in [-0.4, -0.2) is 40.5 Å². The Kier molecular flexibility index (Phi) is 5.49. The number of hydrogen-bond acceptors (Lipinski definition) is 3. The van der Waals surface area contributed by atoms with Crippen LogP contribution in [0, 0.1) is 0 Å². The second kappa shape index (κ2) is 8.72. The smallest absolute Gasteiger partial charge is 0.137 e. The molecule has 0 radical (unpaired) electrons. The first-order valence-electron chi connectivity index (χ1n) is 10.8. The standard InChI is InChI=1S/C26H27N3O/c1-3-7-22(8-4-1)25-20-27-26-19-23(13-16-29(25)26)21-9-11-24(12-10-21)30-18-17-28-14-5-2-6-15-28/h1,3-4,7-13,16,19-20H,2,5-6,14-15,17-18H2. The highest BCUT2D eigenvalue weighted by atomic mass is 16.5. The lowest BCUT2D eigenvalue weighted by Gasteiger charge is -2.26. The van der Waals surface area contributed by atoms with E-state index in [2.05, 4.69) is 81.1 Å². The molecule has 0 saturated carbocycles. The predicted octanol–water partition coefficient (Wildman–Crippen LogP) is 5.53. The molecule has 2 aromatic carbocycles. The fourth-order valence-corrected chi connectivity index (χ4v) is 4.20. The quantitative estimate of drug-likeness (QED) is 0.428. The Morgan fingerprint density at radius 2 is 1.60 bits per heavy atom. The zero-order valence-electron chi connectivity index (χ0n) is 17.2. The van der Waals surface area contributed by atoms with Crippen LogP contribution in [0.15, 0.2) is 79.1 Å². The number of rotatable bonds is 6. The van der Waals surface area contributed by atoms with E-state index >= 15 is 0 Å². The highest BCUT2D eigenvalue weighted by Crippen LogP contribution is 2.26. The number of aromatic nitrogens is 2. The third-order valence-corrected chi connectivity index (χ3v) is 5.90. The molecule has 4 aromatic rings. The summed E-state index contributed by atoms with van der Waals surface area (Å²) in [5.41, 5.74) is 5.56. The number of imidazole rings is 1. The Labute approximate surface area is 177 Å². The minimum absolute atomic E-state index is 0.752. The van der Waals surface area contributed by atoms with Gasteiger partial charge >= 0.3 is 0 Å². The average Bonchev–Trinajstić information content (AvgIpc) is 3.24. The minimum Gasteiger partial charge on any atom is -0.492 e. The zero-order valence-corrected chi connectivity index (χ0v) is 17.2. The molecule has 0 amide bonds. The van der Waals surface area contributed by atoms with Crippen molar-refractivity contribution in [3.8, 4) is 28.1 Å². The Bertz CT molecular complexity index is 1100. The molecule has 1 aliphatic rings. The van der Waals surface area contributed by atoms with Crippen LogP contribution in [0.4, 0.5) is 0 Å². The van der Waals surface area contributed by atoms with Gasteiger partial charge in [-0.1, -0.05) is 48.9 Å². The number of nitrogens with zero attached hydrogens (tertiary/aromatic N) is 3. The predicted molar refractivity (Wildman–Crippen MR) is 122 cm³/mol. The van der Waals surface area contributed by atoms with Crippen molar-refractivity contribution in [2.75, 3.05) is 26.2 Å². The van der Waals surface area contributed by atoms with Crippen LogP contribution < -0.4 is 4.74 Å². The molecule has 30 heavy (non-hydrogen) atoms. The number of piperidine rings is 1. The van der Waals surface area contributed by atoms with Gasteiger partial charge in [-0.25, -0.2) is 4.98 Å². The molecule has 1 aliphatic heterocycles. The minimum atomic E-state index is 0.752. The molecule has 1 fully saturated rings. The fourth-order valence-electron chi connectivity index (χ4n) is 4.20. The van der Waals surface area contributed by atoms with Gasteiger partial charge in [-0.2, -0.15) is 0 Å². The van der Waals surface area contributed by atoms with Gasteiger partial charge in [0.15, 0.2) is 0 Å². The third kappa shape index (κ3) is 4.10. The molecule has 0 unspecified atom stereocenters. The molecule has 1 saturated heterocycles. The molecule has 0 atom stereocenters. The highest BCUT2D eigenvalue weighted by Gasteiger charge is 2.10. The van der Waals surface area contributed by atoms with Crippen molar-refractivity contribution in [2.24, 2.45) is 0 Å². The molecule has 0 bridgehead atoms. The number of fused-ring (bicyclic) bond motifs is 1. The molecule has 152 valence electrons. The van der Waals surface area contributed by atoms with E-state index in [4.69, 9.17) is 4.74 Å². The van der Waals surface area contributed by atoms with Crippen LogP contribution in [0.2, 0.25) is 0 Å². The third-order valence-electron chi connectivity index (χ3n) is 5.90. The molecule has 2 aromatic heterocycles. The van der Waals surface area contributed by atoms with E-state index in [0.717, 1.165) is 35.8 Å². The van der Waals surface area contributed by atoms with E-state index in [9.17, 15) is 0 Å². The summed E-state index contributed by atoms with van der Waals surface area (Å²) in [7, 11) is 0. The summed E-state index contributed by atoms with van der Waals surface area (Å²) >= 11 is 0. The van der Waals surface area contributed by atoms with Crippen molar-refractivity contribution in [2.45, 2.75) is 19.3 Å². The van der Waals surface area contributed by atoms with Crippen molar-refractivity contribution in [1.82, 2.24) is 14.3 Å². The molecule has 3 heterocycles. The molecular formula is C26H27N3O. The van der Waals surface area contributed by atoms with Crippen molar-refractivity contribution in [3.05, 3.63) is 79.1 Å². The molecule has 0 aliphatic carbocycles. The highest BCUT2D eigenvalue weighted by molar-refractivity contribution is 5.71. The van der Waals surface area contributed by atoms with E-state index in [1.54, 1.807) is 0 Å². The van der Waals surface area contributed by atoms with Crippen LogP contribution in [-0.2, 0) is 0 Å². The van der Waals surface area contributed by atoms with Crippen LogP contribution in [0.5, 0.6) is 5.75 Å². The number of benzene rings is 2. The van der Waals surface area contributed by atoms with Gasteiger partial charge in [0.2, 0.25) is 0 Å². The first-order chi connectivity index (χ1) is 14.9. The maximum atomic E-state index is 5.96. The SMILES string of the molecule is c1ccc(-c2cnc3cc(-c4ccc(OCCN5CCCCC5)cc4)ccn23)cc1. The number of ether oxygens (including phenoxy) is 1. The van der Waals surface area contributed by atoms with Gasteiger partial charge in [-0.3, -0.25) is 9.30 Å². The summed E-state index contributed by atoms with van der Waals surface area (Å²) in [6, 6.07) is 23.0. The normalized spacial score (nSPS) is 14.8. The summed E-state index contributed by atoms with van der Waals surface area (Å²) in [5, 5.41) is 0. The summed E-state index contributed by atoms with van der Waals surface area (Å²) < 4.78 is 8.10. The van der Waals surface area contributed by atoms with Gasteiger partial charge < -0.3 is 4.74 Å².